The molecule has 0 saturated heterocycles. The lowest BCUT2D eigenvalue weighted by molar-refractivity contribution is 0.276. The Morgan fingerprint density at radius 2 is 1.94 bits per heavy atom. The van der Waals surface area contributed by atoms with Crippen LogP contribution in [-0.2, 0) is 0 Å². The first kappa shape index (κ1) is 12.9. The van der Waals surface area contributed by atoms with E-state index in [2.05, 4.69) is 5.32 Å². The molecular formula is C15H16ClNO. The van der Waals surface area contributed by atoms with Crippen LogP contribution < -0.4 is 5.32 Å². The van der Waals surface area contributed by atoms with Gasteiger partial charge in [-0.1, -0.05) is 41.9 Å². The average Bonchev–Trinajstić information content (AvgIpc) is 2.37. The first-order valence-corrected chi connectivity index (χ1v) is 6.27. The van der Waals surface area contributed by atoms with Gasteiger partial charge in [-0.15, -0.1) is 0 Å². The van der Waals surface area contributed by atoms with Crippen molar-refractivity contribution in [2.24, 2.45) is 0 Å². The quantitative estimate of drug-likeness (QED) is 0.878. The second-order valence-electron chi connectivity index (χ2n) is 4.27. The number of nitrogens with one attached hydrogen (secondary N) is 1. The molecule has 94 valence electrons. The molecule has 0 spiro atoms. The maximum Gasteiger partial charge on any atom is 0.0759 e. The highest BCUT2D eigenvalue weighted by molar-refractivity contribution is 6.31. The van der Waals surface area contributed by atoms with Gasteiger partial charge in [-0.05, 0) is 36.2 Å². The Hall–Kier alpha value is -1.51. The fourth-order valence-electron chi connectivity index (χ4n) is 1.92. The van der Waals surface area contributed by atoms with Crippen LogP contribution in [0.3, 0.4) is 0 Å². The van der Waals surface area contributed by atoms with Crippen molar-refractivity contribution in [1.82, 2.24) is 0 Å². The van der Waals surface area contributed by atoms with E-state index in [1.54, 1.807) is 0 Å². The van der Waals surface area contributed by atoms with Gasteiger partial charge in [-0.25, -0.2) is 0 Å². The summed E-state index contributed by atoms with van der Waals surface area (Å²) >= 11 is 6.14. The molecule has 2 aromatic carbocycles. The molecule has 2 aromatic rings. The smallest absolute Gasteiger partial charge is 0.0759 e. The van der Waals surface area contributed by atoms with E-state index in [1.165, 1.54) is 5.56 Å². The number of anilines is 1. The Morgan fingerprint density at radius 3 is 2.61 bits per heavy atom. The second kappa shape index (κ2) is 5.89. The minimum absolute atomic E-state index is 0.00231. The Balaban J connectivity index is 2.23. The highest BCUT2D eigenvalue weighted by Crippen LogP contribution is 2.25. The van der Waals surface area contributed by atoms with Crippen LogP contribution >= 0.6 is 11.6 Å². The Morgan fingerprint density at radius 1 is 1.17 bits per heavy atom. The summed E-state index contributed by atoms with van der Waals surface area (Å²) in [5.41, 5.74) is 3.06. The van der Waals surface area contributed by atoms with Crippen LogP contribution in [0.1, 0.15) is 17.2 Å². The predicted molar refractivity (Wildman–Crippen MR) is 76.1 cm³/mol. The van der Waals surface area contributed by atoms with Crippen molar-refractivity contribution >= 4 is 17.3 Å². The molecule has 2 N–H and O–H groups in total. The topological polar surface area (TPSA) is 32.3 Å². The van der Waals surface area contributed by atoms with Crippen molar-refractivity contribution in [2.45, 2.75) is 13.0 Å². The number of rotatable bonds is 4. The van der Waals surface area contributed by atoms with Crippen LogP contribution in [0.4, 0.5) is 5.69 Å². The second-order valence-corrected chi connectivity index (χ2v) is 4.68. The van der Waals surface area contributed by atoms with Gasteiger partial charge in [0, 0.05) is 10.7 Å². The molecule has 0 aliphatic heterocycles. The number of aryl methyl sites for hydroxylation is 1. The van der Waals surface area contributed by atoms with Gasteiger partial charge in [0.2, 0.25) is 0 Å². The molecule has 0 aliphatic carbocycles. The molecule has 0 fully saturated rings. The molecule has 0 saturated carbocycles. The van der Waals surface area contributed by atoms with Gasteiger partial charge in [-0.2, -0.15) is 0 Å². The van der Waals surface area contributed by atoms with Crippen LogP contribution in [0, 0.1) is 6.92 Å². The van der Waals surface area contributed by atoms with E-state index < -0.39 is 0 Å². The fourth-order valence-corrected chi connectivity index (χ4v) is 2.18. The van der Waals surface area contributed by atoms with Crippen LogP contribution in [0.5, 0.6) is 0 Å². The Kier molecular flexibility index (Phi) is 4.24. The molecule has 0 heterocycles. The molecule has 0 aromatic heterocycles. The molecule has 0 aliphatic rings. The van der Waals surface area contributed by atoms with E-state index in [1.807, 2.05) is 55.5 Å². The van der Waals surface area contributed by atoms with Crippen molar-refractivity contribution in [1.29, 1.82) is 0 Å². The number of aliphatic hydroxyl groups excluding tert-OH is 1. The van der Waals surface area contributed by atoms with Crippen LogP contribution in [0.15, 0.2) is 48.5 Å². The van der Waals surface area contributed by atoms with Gasteiger partial charge in [0.05, 0.1) is 12.6 Å². The summed E-state index contributed by atoms with van der Waals surface area (Å²) in [5.74, 6) is 0. The number of hydrogen-bond acceptors (Lipinski definition) is 2. The zero-order valence-electron chi connectivity index (χ0n) is 10.2. The van der Waals surface area contributed by atoms with E-state index >= 15 is 0 Å². The summed E-state index contributed by atoms with van der Waals surface area (Å²) in [6.45, 7) is 2.03. The molecular weight excluding hydrogens is 246 g/mol. The van der Waals surface area contributed by atoms with E-state index in [4.69, 9.17) is 11.6 Å². The molecule has 2 rings (SSSR count). The molecule has 0 radical (unpaired) electrons. The Bertz CT molecular complexity index is 527. The SMILES string of the molecule is Cc1cccc(NC(CO)c2ccccc2Cl)c1. The lowest BCUT2D eigenvalue weighted by Crippen LogP contribution is -2.15. The third-order valence-electron chi connectivity index (χ3n) is 2.82. The third-order valence-corrected chi connectivity index (χ3v) is 3.17. The number of aliphatic hydroxyl groups is 1. The molecule has 1 unspecified atom stereocenters. The van der Waals surface area contributed by atoms with E-state index in [-0.39, 0.29) is 12.6 Å². The summed E-state index contributed by atoms with van der Waals surface area (Å²) in [4.78, 5) is 0. The summed E-state index contributed by atoms with van der Waals surface area (Å²) in [5, 5.41) is 13.5. The van der Waals surface area contributed by atoms with E-state index in [9.17, 15) is 5.11 Å². The summed E-state index contributed by atoms with van der Waals surface area (Å²) in [6.07, 6.45) is 0. The maximum atomic E-state index is 9.51. The van der Waals surface area contributed by atoms with Crippen molar-refractivity contribution in [3.8, 4) is 0 Å². The van der Waals surface area contributed by atoms with Crippen molar-refractivity contribution < 1.29 is 5.11 Å². The first-order chi connectivity index (χ1) is 8.70. The lowest BCUT2D eigenvalue weighted by atomic mass is 10.1. The van der Waals surface area contributed by atoms with Crippen LogP contribution in [0.2, 0.25) is 5.02 Å². The molecule has 1 atom stereocenters. The minimum atomic E-state index is -0.194. The highest BCUT2D eigenvalue weighted by Gasteiger charge is 2.13. The summed E-state index contributed by atoms with van der Waals surface area (Å²) < 4.78 is 0. The standard InChI is InChI=1S/C15H16ClNO/c1-11-5-4-6-12(9-11)17-15(10-18)13-7-2-3-8-14(13)16/h2-9,15,17-18H,10H2,1H3. The largest absolute Gasteiger partial charge is 0.394 e. The average molecular weight is 262 g/mol. The Labute approximate surface area is 112 Å². The normalized spacial score (nSPS) is 12.2. The number of halogens is 1. The van der Waals surface area contributed by atoms with E-state index in [0.717, 1.165) is 11.3 Å². The van der Waals surface area contributed by atoms with Crippen LogP contribution in [-0.4, -0.2) is 11.7 Å². The van der Waals surface area contributed by atoms with Gasteiger partial charge < -0.3 is 10.4 Å². The molecule has 0 bridgehead atoms. The third kappa shape index (κ3) is 3.03. The summed E-state index contributed by atoms with van der Waals surface area (Å²) in [7, 11) is 0. The lowest BCUT2D eigenvalue weighted by Gasteiger charge is -2.19. The zero-order valence-corrected chi connectivity index (χ0v) is 11.0. The highest BCUT2D eigenvalue weighted by atomic mass is 35.5. The predicted octanol–water partition coefficient (Wildman–Crippen LogP) is 3.79. The minimum Gasteiger partial charge on any atom is -0.394 e. The number of hydrogen-bond donors (Lipinski definition) is 2. The van der Waals surface area contributed by atoms with Gasteiger partial charge >= 0.3 is 0 Å². The van der Waals surface area contributed by atoms with Gasteiger partial charge in [-0.3, -0.25) is 0 Å². The molecule has 18 heavy (non-hydrogen) atoms. The fraction of sp³-hybridized carbons (Fsp3) is 0.200. The first-order valence-electron chi connectivity index (χ1n) is 5.89. The molecule has 0 amide bonds. The zero-order chi connectivity index (χ0) is 13.0. The monoisotopic (exact) mass is 261 g/mol. The number of benzene rings is 2. The van der Waals surface area contributed by atoms with Gasteiger partial charge in [0.15, 0.2) is 0 Å². The van der Waals surface area contributed by atoms with E-state index in [0.29, 0.717) is 5.02 Å². The molecule has 3 heteroatoms. The maximum absolute atomic E-state index is 9.51. The summed E-state index contributed by atoms with van der Waals surface area (Å²) in [6, 6.07) is 15.4. The van der Waals surface area contributed by atoms with Crippen molar-refractivity contribution in [3.63, 3.8) is 0 Å². The van der Waals surface area contributed by atoms with Crippen molar-refractivity contribution in [2.75, 3.05) is 11.9 Å². The van der Waals surface area contributed by atoms with Gasteiger partial charge in [0.25, 0.3) is 0 Å². The van der Waals surface area contributed by atoms with Crippen molar-refractivity contribution in [3.05, 3.63) is 64.7 Å². The van der Waals surface area contributed by atoms with Gasteiger partial charge in [0.1, 0.15) is 0 Å². The van der Waals surface area contributed by atoms with Crippen LogP contribution in [0.25, 0.3) is 0 Å². The molecule has 2 nitrogen and oxygen atoms in total.